The largest absolute Gasteiger partial charge is 0.493 e. The molecule has 0 saturated carbocycles. The molecular formula is C21H26N2O4. The van der Waals surface area contributed by atoms with E-state index < -0.39 is 0 Å². The monoisotopic (exact) mass is 370 g/mol. The maximum atomic E-state index is 12.2. The lowest BCUT2D eigenvalue weighted by atomic mass is 10.0. The van der Waals surface area contributed by atoms with Crippen molar-refractivity contribution in [2.75, 3.05) is 43.7 Å². The number of morpholine rings is 1. The summed E-state index contributed by atoms with van der Waals surface area (Å²) in [4.78, 5) is 14.5. The normalized spacial score (nSPS) is 15.9. The van der Waals surface area contributed by atoms with E-state index in [4.69, 9.17) is 14.2 Å². The first-order chi connectivity index (χ1) is 13.0. The van der Waals surface area contributed by atoms with Gasteiger partial charge >= 0.3 is 0 Å². The summed E-state index contributed by atoms with van der Waals surface area (Å²) in [6, 6.07) is 15.1. The van der Waals surface area contributed by atoms with E-state index >= 15 is 0 Å². The molecule has 0 aromatic heterocycles. The third kappa shape index (κ3) is 4.71. The number of carbonyl (C=O) groups is 1. The molecule has 2 aromatic rings. The highest BCUT2D eigenvalue weighted by molar-refractivity contribution is 5.92. The lowest BCUT2D eigenvalue weighted by Crippen LogP contribution is -2.53. The van der Waals surface area contributed by atoms with Gasteiger partial charge in [0, 0.05) is 17.9 Å². The maximum absolute atomic E-state index is 12.2. The molecule has 0 unspecified atom stereocenters. The molecule has 0 spiro atoms. The van der Waals surface area contributed by atoms with Crippen molar-refractivity contribution in [2.24, 2.45) is 0 Å². The van der Waals surface area contributed by atoms with E-state index in [1.54, 1.807) is 19.2 Å². The molecule has 2 aromatic carbocycles. The zero-order valence-electron chi connectivity index (χ0n) is 16.0. The lowest BCUT2D eigenvalue weighted by Gasteiger charge is -2.43. The van der Waals surface area contributed by atoms with Crippen molar-refractivity contribution >= 4 is 17.3 Å². The van der Waals surface area contributed by atoms with Crippen LogP contribution >= 0.6 is 0 Å². The Morgan fingerprint density at radius 2 is 1.85 bits per heavy atom. The van der Waals surface area contributed by atoms with Crippen molar-refractivity contribution in [2.45, 2.75) is 19.4 Å². The van der Waals surface area contributed by atoms with Crippen LogP contribution in [0.2, 0.25) is 0 Å². The van der Waals surface area contributed by atoms with Crippen LogP contribution in [0.3, 0.4) is 0 Å². The van der Waals surface area contributed by atoms with Crippen molar-refractivity contribution in [3.63, 3.8) is 0 Å². The van der Waals surface area contributed by atoms with Gasteiger partial charge < -0.3 is 24.4 Å². The Morgan fingerprint density at radius 1 is 1.15 bits per heavy atom. The fraction of sp³-hybridized carbons (Fsp3) is 0.381. The Hall–Kier alpha value is -2.73. The van der Waals surface area contributed by atoms with E-state index in [-0.39, 0.29) is 18.1 Å². The second-order valence-electron chi connectivity index (χ2n) is 7.05. The maximum Gasteiger partial charge on any atom is 0.262 e. The van der Waals surface area contributed by atoms with Crippen molar-refractivity contribution in [1.29, 1.82) is 0 Å². The van der Waals surface area contributed by atoms with Gasteiger partial charge in [-0.1, -0.05) is 12.1 Å². The summed E-state index contributed by atoms with van der Waals surface area (Å²) >= 11 is 0. The minimum Gasteiger partial charge on any atom is -0.493 e. The molecule has 0 bridgehead atoms. The molecule has 3 rings (SSSR count). The summed E-state index contributed by atoms with van der Waals surface area (Å²) in [5, 5.41) is 2.85. The number of amides is 1. The smallest absolute Gasteiger partial charge is 0.262 e. The summed E-state index contributed by atoms with van der Waals surface area (Å²) in [5.74, 6) is 0.920. The Labute approximate surface area is 160 Å². The SMILES string of the molecule is COc1ccccc1OCC(=O)Nc1ccc(N2CCOCC2(C)C)cc1. The average Bonchev–Trinajstić information content (AvgIpc) is 2.67. The van der Waals surface area contributed by atoms with Gasteiger partial charge in [-0.15, -0.1) is 0 Å². The number of hydrogen-bond donors (Lipinski definition) is 1. The standard InChI is InChI=1S/C21H26N2O4/c1-21(2)15-26-13-12-23(21)17-10-8-16(9-11-17)22-20(24)14-27-19-7-5-4-6-18(19)25-3/h4-11H,12-15H2,1-3H3,(H,22,24). The Balaban J connectivity index is 1.57. The van der Waals surface area contributed by atoms with E-state index in [0.29, 0.717) is 18.1 Å². The van der Waals surface area contributed by atoms with E-state index in [2.05, 4.69) is 24.1 Å². The summed E-state index contributed by atoms with van der Waals surface area (Å²) in [5.41, 5.74) is 1.80. The molecule has 1 fully saturated rings. The van der Waals surface area contributed by atoms with E-state index in [0.717, 1.165) is 24.5 Å². The van der Waals surface area contributed by atoms with Crippen LogP contribution in [0.4, 0.5) is 11.4 Å². The van der Waals surface area contributed by atoms with Gasteiger partial charge in [-0.25, -0.2) is 0 Å². The van der Waals surface area contributed by atoms with Crippen LogP contribution in [0.15, 0.2) is 48.5 Å². The molecule has 6 heteroatoms. The number of methoxy groups -OCH3 is 1. The van der Waals surface area contributed by atoms with Gasteiger partial charge in [-0.2, -0.15) is 0 Å². The van der Waals surface area contributed by atoms with Crippen LogP contribution < -0.4 is 19.7 Å². The average molecular weight is 370 g/mol. The number of nitrogens with one attached hydrogen (secondary N) is 1. The number of rotatable bonds is 6. The number of nitrogens with zero attached hydrogens (tertiary/aromatic N) is 1. The Bertz CT molecular complexity index is 774. The number of carbonyl (C=O) groups excluding carboxylic acids is 1. The summed E-state index contributed by atoms with van der Waals surface area (Å²) in [6.07, 6.45) is 0. The molecule has 27 heavy (non-hydrogen) atoms. The molecule has 0 aliphatic carbocycles. The zero-order chi connectivity index (χ0) is 19.3. The van der Waals surface area contributed by atoms with Gasteiger partial charge in [0.05, 0.1) is 25.9 Å². The van der Waals surface area contributed by atoms with Crippen LogP contribution in [0.5, 0.6) is 11.5 Å². The molecule has 1 N–H and O–H groups in total. The van der Waals surface area contributed by atoms with Crippen molar-refractivity contribution in [1.82, 2.24) is 0 Å². The Kier molecular flexibility index (Phi) is 5.86. The minimum absolute atomic E-state index is 0.0500. The van der Waals surface area contributed by atoms with Crippen LogP contribution in [-0.4, -0.2) is 44.9 Å². The number of ether oxygens (including phenoxy) is 3. The van der Waals surface area contributed by atoms with Crippen LogP contribution in [0.1, 0.15) is 13.8 Å². The molecule has 0 radical (unpaired) electrons. The molecular weight excluding hydrogens is 344 g/mol. The van der Waals surface area contributed by atoms with Crippen molar-refractivity contribution in [3.8, 4) is 11.5 Å². The molecule has 144 valence electrons. The van der Waals surface area contributed by atoms with Gasteiger partial charge in [0.2, 0.25) is 0 Å². The molecule has 0 atom stereocenters. The fourth-order valence-electron chi connectivity index (χ4n) is 3.14. The summed E-state index contributed by atoms with van der Waals surface area (Å²) < 4.78 is 16.3. The number of para-hydroxylation sites is 2. The predicted molar refractivity (Wildman–Crippen MR) is 106 cm³/mol. The molecule has 1 heterocycles. The second-order valence-corrected chi connectivity index (χ2v) is 7.05. The summed E-state index contributed by atoms with van der Waals surface area (Å²) in [7, 11) is 1.57. The topological polar surface area (TPSA) is 60.0 Å². The van der Waals surface area contributed by atoms with Crippen molar-refractivity contribution in [3.05, 3.63) is 48.5 Å². The van der Waals surface area contributed by atoms with Crippen LogP contribution in [-0.2, 0) is 9.53 Å². The summed E-state index contributed by atoms with van der Waals surface area (Å²) in [6.45, 7) is 6.52. The van der Waals surface area contributed by atoms with Crippen LogP contribution in [0.25, 0.3) is 0 Å². The fourth-order valence-corrected chi connectivity index (χ4v) is 3.14. The van der Waals surface area contributed by atoms with Gasteiger partial charge in [-0.3, -0.25) is 4.79 Å². The predicted octanol–water partition coefficient (Wildman–Crippen LogP) is 3.33. The first-order valence-electron chi connectivity index (χ1n) is 9.01. The third-order valence-corrected chi connectivity index (χ3v) is 4.54. The highest BCUT2D eigenvalue weighted by atomic mass is 16.5. The minimum atomic E-state index is -0.222. The quantitative estimate of drug-likeness (QED) is 0.845. The van der Waals surface area contributed by atoms with E-state index in [1.165, 1.54) is 0 Å². The lowest BCUT2D eigenvalue weighted by molar-refractivity contribution is -0.118. The number of hydrogen-bond acceptors (Lipinski definition) is 5. The molecule has 1 aliphatic heterocycles. The highest BCUT2D eigenvalue weighted by Crippen LogP contribution is 2.28. The van der Waals surface area contributed by atoms with Gasteiger partial charge in [0.25, 0.3) is 5.91 Å². The van der Waals surface area contributed by atoms with Crippen molar-refractivity contribution < 1.29 is 19.0 Å². The van der Waals surface area contributed by atoms with E-state index in [9.17, 15) is 4.79 Å². The second kappa shape index (κ2) is 8.31. The highest BCUT2D eigenvalue weighted by Gasteiger charge is 2.30. The number of anilines is 2. The number of benzene rings is 2. The van der Waals surface area contributed by atoms with Gasteiger partial charge in [-0.05, 0) is 50.2 Å². The first kappa shape index (κ1) is 19.0. The Morgan fingerprint density at radius 3 is 2.52 bits per heavy atom. The first-order valence-corrected chi connectivity index (χ1v) is 9.01. The zero-order valence-corrected chi connectivity index (χ0v) is 16.0. The molecule has 1 amide bonds. The van der Waals surface area contributed by atoms with Gasteiger partial charge in [0.15, 0.2) is 18.1 Å². The third-order valence-electron chi connectivity index (χ3n) is 4.54. The molecule has 6 nitrogen and oxygen atoms in total. The van der Waals surface area contributed by atoms with Gasteiger partial charge in [0.1, 0.15) is 0 Å². The molecule has 1 saturated heterocycles. The van der Waals surface area contributed by atoms with Crippen LogP contribution in [0, 0.1) is 0 Å². The van der Waals surface area contributed by atoms with E-state index in [1.807, 2.05) is 36.4 Å². The molecule has 1 aliphatic rings.